The maximum atomic E-state index is 5.69. The number of aromatic nitrogens is 2. The predicted octanol–water partition coefficient (Wildman–Crippen LogP) is 1.21. The molecule has 0 aliphatic rings. The van der Waals surface area contributed by atoms with Gasteiger partial charge in [0.1, 0.15) is 0 Å². The van der Waals surface area contributed by atoms with Crippen LogP contribution in [0.4, 0.5) is 5.69 Å². The molecule has 0 unspecified atom stereocenters. The Morgan fingerprint density at radius 1 is 1.62 bits per heavy atom. The highest BCUT2D eigenvalue weighted by Crippen LogP contribution is 2.13. The fourth-order valence-electron chi connectivity index (χ4n) is 0.897. The van der Waals surface area contributed by atoms with Crippen molar-refractivity contribution in [3.05, 3.63) is 17.4 Å². The number of nitrogens with zero attached hydrogens (tertiary/aromatic N) is 3. The number of methoxy groups -OCH3 is 1. The van der Waals surface area contributed by atoms with Crippen LogP contribution < -0.4 is 4.90 Å². The Bertz CT molecular complexity index is 269. The van der Waals surface area contributed by atoms with Crippen LogP contribution in [-0.2, 0) is 4.74 Å². The first-order valence-electron chi connectivity index (χ1n) is 3.92. The lowest BCUT2D eigenvalue weighted by atomic mass is 10.4. The van der Waals surface area contributed by atoms with Crippen molar-refractivity contribution < 1.29 is 4.74 Å². The zero-order chi connectivity index (χ0) is 9.68. The molecule has 72 valence electrons. The molecule has 4 nitrogen and oxygen atoms in total. The highest BCUT2D eigenvalue weighted by Gasteiger charge is 2.01. The molecule has 0 atom stereocenters. The van der Waals surface area contributed by atoms with Crippen LogP contribution in [0.15, 0.2) is 12.3 Å². The van der Waals surface area contributed by atoms with Gasteiger partial charge in [-0.3, -0.25) is 0 Å². The van der Waals surface area contributed by atoms with E-state index in [0.717, 1.165) is 12.2 Å². The Hall–Kier alpha value is -0.870. The maximum Gasteiger partial charge on any atom is 0.153 e. The molecule has 0 amide bonds. The minimum Gasteiger partial charge on any atom is -0.383 e. The van der Waals surface area contributed by atoms with Gasteiger partial charge in [0.2, 0.25) is 0 Å². The van der Waals surface area contributed by atoms with E-state index in [-0.39, 0.29) is 0 Å². The Kier molecular flexibility index (Phi) is 3.92. The van der Waals surface area contributed by atoms with Gasteiger partial charge < -0.3 is 9.64 Å². The van der Waals surface area contributed by atoms with Crippen LogP contribution in [0.5, 0.6) is 0 Å². The van der Waals surface area contributed by atoms with Crippen molar-refractivity contribution >= 4 is 17.3 Å². The average molecular weight is 202 g/mol. The standard InChI is InChI=1S/C8H12ClN3O/c1-12(3-4-13-2)7-5-8(9)11-10-6-7/h5-6H,3-4H2,1-2H3. The predicted molar refractivity (Wildman–Crippen MR) is 52.2 cm³/mol. The zero-order valence-electron chi connectivity index (χ0n) is 7.70. The van der Waals surface area contributed by atoms with Crippen molar-refractivity contribution in [3.8, 4) is 0 Å². The van der Waals surface area contributed by atoms with Crippen LogP contribution in [0.2, 0.25) is 5.15 Å². The van der Waals surface area contributed by atoms with E-state index >= 15 is 0 Å². The van der Waals surface area contributed by atoms with Gasteiger partial charge >= 0.3 is 0 Å². The van der Waals surface area contributed by atoms with E-state index in [2.05, 4.69) is 10.2 Å². The van der Waals surface area contributed by atoms with E-state index in [1.54, 1.807) is 19.4 Å². The van der Waals surface area contributed by atoms with Gasteiger partial charge in [-0.1, -0.05) is 11.6 Å². The summed E-state index contributed by atoms with van der Waals surface area (Å²) in [7, 11) is 3.62. The summed E-state index contributed by atoms with van der Waals surface area (Å²) < 4.78 is 4.95. The van der Waals surface area contributed by atoms with E-state index < -0.39 is 0 Å². The van der Waals surface area contributed by atoms with Crippen molar-refractivity contribution in [1.82, 2.24) is 10.2 Å². The number of halogens is 1. The first-order chi connectivity index (χ1) is 6.24. The van der Waals surface area contributed by atoms with Gasteiger partial charge in [-0.2, -0.15) is 5.10 Å². The summed E-state index contributed by atoms with van der Waals surface area (Å²) in [5.74, 6) is 0. The molecule has 0 radical (unpaired) electrons. The summed E-state index contributed by atoms with van der Waals surface area (Å²) >= 11 is 5.69. The summed E-state index contributed by atoms with van der Waals surface area (Å²) in [6.07, 6.45) is 1.67. The third-order valence-electron chi connectivity index (χ3n) is 1.68. The van der Waals surface area contributed by atoms with E-state index in [0.29, 0.717) is 11.8 Å². The second-order valence-corrected chi connectivity index (χ2v) is 3.04. The van der Waals surface area contributed by atoms with Gasteiger partial charge in [-0.25, -0.2) is 0 Å². The van der Waals surface area contributed by atoms with Gasteiger partial charge in [0.05, 0.1) is 18.5 Å². The molecule has 0 spiro atoms. The fraction of sp³-hybridized carbons (Fsp3) is 0.500. The molecule has 0 aliphatic carbocycles. The minimum absolute atomic E-state index is 0.404. The quantitative estimate of drug-likeness (QED) is 0.734. The summed E-state index contributed by atoms with van der Waals surface area (Å²) in [5, 5.41) is 7.81. The maximum absolute atomic E-state index is 5.69. The smallest absolute Gasteiger partial charge is 0.153 e. The summed E-state index contributed by atoms with van der Waals surface area (Å²) in [4.78, 5) is 2.00. The molecule has 5 heteroatoms. The molecule has 1 rings (SSSR count). The van der Waals surface area contributed by atoms with Crippen molar-refractivity contribution in [2.45, 2.75) is 0 Å². The molecule has 1 aromatic rings. The molecule has 1 aromatic heterocycles. The van der Waals surface area contributed by atoms with Gasteiger partial charge in [-0.15, -0.1) is 5.10 Å². The van der Waals surface area contributed by atoms with Crippen LogP contribution in [0.3, 0.4) is 0 Å². The molecule has 0 saturated carbocycles. The van der Waals surface area contributed by atoms with Crippen LogP contribution >= 0.6 is 11.6 Å². The average Bonchev–Trinajstić information content (AvgIpc) is 2.14. The normalized spacial score (nSPS) is 10.1. The first kappa shape index (κ1) is 10.2. The largest absolute Gasteiger partial charge is 0.383 e. The van der Waals surface area contributed by atoms with E-state index in [9.17, 15) is 0 Å². The highest BCUT2D eigenvalue weighted by molar-refractivity contribution is 6.29. The Morgan fingerprint density at radius 3 is 3.00 bits per heavy atom. The van der Waals surface area contributed by atoms with Crippen LogP contribution in [0, 0.1) is 0 Å². The molecule has 1 heterocycles. The van der Waals surface area contributed by atoms with Gasteiger partial charge in [0.15, 0.2) is 5.15 Å². The van der Waals surface area contributed by atoms with Crippen LogP contribution in [0.1, 0.15) is 0 Å². The molecule has 13 heavy (non-hydrogen) atoms. The SMILES string of the molecule is COCCN(C)c1cnnc(Cl)c1. The van der Waals surface area contributed by atoms with Crippen molar-refractivity contribution in [2.24, 2.45) is 0 Å². The number of hydrogen-bond acceptors (Lipinski definition) is 4. The first-order valence-corrected chi connectivity index (χ1v) is 4.30. The third-order valence-corrected chi connectivity index (χ3v) is 1.87. The van der Waals surface area contributed by atoms with Gasteiger partial charge in [0, 0.05) is 26.8 Å². The van der Waals surface area contributed by atoms with Crippen LogP contribution in [-0.4, -0.2) is 37.5 Å². The molecule has 0 saturated heterocycles. The van der Waals surface area contributed by atoms with E-state index in [1.165, 1.54) is 0 Å². The topological polar surface area (TPSA) is 38.2 Å². The number of likely N-dealkylation sites (N-methyl/N-ethyl adjacent to an activating group) is 1. The summed E-state index contributed by atoms with van der Waals surface area (Å²) in [6, 6.07) is 1.77. The molecular formula is C8H12ClN3O. The van der Waals surface area contributed by atoms with Crippen molar-refractivity contribution in [2.75, 3.05) is 32.2 Å². The number of rotatable bonds is 4. The Labute approximate surface area is 82.5 Å². The number of hydrogen-bond donors (Lipinski definition) is 0. The third kappa shape index (κ3) is 3.16. The fourth-order valence-corrected chi connectivity index (χ4v) is 1.05. The summed E-state index contributed by atoms with van der Waals surface area (Å²) in [5.41, 5.74) is 0.942. The van der Waals surface area contributed by atoms with E-state index in [1.807, 2.05) is 11.9 Å². The number of anilines is 1. The molecule has 0 bridgehead atoms. The Morgan fingerprint density at radius 2 is 2.38 bits per heavy atom. The molecule has 0 fully saturated rings. The lowest BCUT2D eigenvalue weighted by Crippen LogP contribution is -2.22. The minimum atomic E-state index is 0.404. The highest BCUT2D eigenvalue weighted by atomic mass is 35.5. The second-order valence-electron chi connectivity index (χ2n) is 2.65. The lowest BCUT2D eigenvalue weighted by Gasteiger charge is -2.17. The molecule has 0 aromatic carbocycles. The van der Waals surface area contributed by atoms with Gasteiger partial charge in [0.25, 0.3) is 0 Å². The monoisotopic (exact) mass is 201 g/mol. The van der Waals surface area contributed by atoms with Gasteiger partial charge in [-0.05, 0) is 0 Å². The van der Waals surface area contributed by atoms with E-state index in [4.69, 9.17) is 16.3 Å². The lowest BCUT2D eigenvalue weighted by molar-refractivity contribution is 0.206. The molecule has 0 aliphatic heterocycles. The van der Waals surface area contributed by atoms with Crippen molar-refractivity contribution in [3.63, 3.8) is 0 Å². The summed E-state index contributed by atoms with van der Waals surface area (Å²) in [6.45, 7) is 1.48. The zero-order valence-corrected chi connectivity index (χ0v) is 8.45. The van der Waals surface area contributed by atoms with Crippen molar-refractivity contribution in [1.29, 1.82) is 0 Å². The van der Waals surface area contributed by atoms with Crippen LogP contribution in [0.25, 0.3) is 0 Å². The Balaban J connectivity index is 2.60. The molecular weight excluding hydrogens is 190 g/mol. The molecule has 0 N–H and O–H groups in total. The second kappa shape index (κ2) is 4.99. The number of ether oxygens (including phenoxy) is 1.